The van der Waals surface area contributed by atoms with Crippen LogP contribution in [0.3, 0.4) is 0 Å². The van der Waals surface area contributed by atoms with Gasteiger partial charge in [-0.3, -0.25) is 9.89 Å². The lowest BCUT2D eigenvalue weighted by molar-refractivity contribution is 0.0696. The first-order valence-electron chi connectivity index (χ1n) is 4.32. The summed E-state index contributed by atoms with van der Waals surface area (Å²) < 4.78 is 0. The van der Waals surface area contributed by atoms with Crippen molar-refractivity contribution in [3.05, 3.63) is 29.5 Å². The van der Waals surface area contributed by atoms with Gasteiger partial charge in [0.05, 0.1) is 11.1 Å². The molecule has 0 aliphatic heterocycles. The fourth-order valence-corrected chi connectivity index (χ4v) is 1.42. The van der Waals surface area contributed by atoms with Crippen molar-refractivity contribution in [2.45, 2.75) is 6.92 Å². The van der Waals surface area contributed by atoms with Gasteiger partial charge in [0, 0.05) is 12.3 Å². The van der Waals surface area contributed by atoms with Gasteiger partial charge in [-0.2, -0.15) is 5.10 Å². The van der Waals surface area contributed by atoms with Gasteiger partial charge in [0.15, 0.2) is 5.78 Å². The number of carboxylic acid groups (broad SMARTS) is 1. The lowest BCUT2D eigenvalue weighted by atomic mass is 10.1. The van der Waals surface area contributed by atoms with E-state index in [0.717, 1.165) is 0 Å². The molecule has 2 rings (SSSR count). The Hall–Kier alpha value is -2.17. The number of carbonyl (C=O) groups is 2. The van der Waals surface area contributed by atoms with Gasteiger partial charge in [-0.15, -0.1) is 0 Å². The maximum Gasteiger partial charge on any atom is 0.335 e. The molecule has 5 heteroatoms. The molecule has 0 unspecified atom stereocenters. The molecular formula is C10H8N2O3. The van der Waals surface area contributed by atoms with E-state index in [2.05, 4.69) is 10.2 Å². The summed E-state index contributed by atoms with van der Waals surface area (Å²) in [4.78, 5) is 21.9. The van der Waals surface area contributed by atoms with Crippen LogP contribution < -0.4 is 0 Å². The maximum absolute atomic E-state index is 11.2. The van der Waals surface area contributed by atoms with Crippen molar-refractivity contribution in [2.75, 3.05) is 0 Å². The van der Waals surface area contributed by atoms with Crippen LogP contribution in [0, 0.1) is 0 Å². The minimum absolute atomic E-state index is 0.145. The Kier molecular flexibility index (Phi) is 2.00. The first-order valence-corrected chi connectivity index (χ1v) is 4.32. The van der Waals surface area contributed by atoms with Crippen molar-refractivity contribution < 1.29 is 14.7 Å². The number of hydrogen-bond donors (Lipinski definition) is 2. The number of rotatable bonds is 2. The van der Waals surface area contributed by atoms with E-state index in [4.69, 9.17) is 5.11 Å². The third-order valence-electron chi connectivity index (χ3n) is 2.14. The molecular weight excluding hydrogens is 196 g/mol. The molecule has 0 bridgehead atoms. The summed E-state index contributed by atoms with van der Waals surface area (Å²) >= 11 is 0. The Morgan fingerprint density at radius 2 is 2.13 bits per heavy atom. The number of nitrogens with one attached hydrogen (secondary N) is 1. The number of carboxylic acids is 1. The third-order valence-corrected chi connectivity index (χ3v) is 2.14. The smallest absolute Gasteiger partial charge is 0.335 e. The standard InChI is InChI=1S/C10H8N2O3/c1-5(13)9-7-4-6(10(14)15)2-3-8(7)11-12-9/h2-4H,1H3,(H,11,12)(H,14,15). The van der Waals surface area contributed by atoms with Gasteiger partial charge in [0.25, 0.3) is 0 Å². The molecule has 0 spiro atoms. The number of H-pyrrole nitrogens is 1. The van der Waals surface area contributed by atoms with E-state index in [1.165, 1.54) is 19.1 Å². The van der Waals surface area contributed by atoms with E-state index in [1.807, 2.05) is 0 Å². The molecule has 1 heterocycles. The van der Waals surface area contributed by atoms with Crippen molar-refractivity contribution in [1.82, 2.24) is 10.2 Å². The monoisotopic (exact) mass is 204 g/mol. The van der Waals surface area contributed by atoms with E-state index in [9.17, 15) is 9.59 Å². The van der Waals surface area contributed by atoms with E-state index >= 15 is 0 Å². The number of ketones is 1. The zero-order valence-corrected chi connectivity index (χ0v) is 7.94. The quantitative estimate of drug-likeness (QED) is 0.725. The van der Waals surface area contributed by atoms with Gasteiger partial charge in [-0.1, -0.05) is 0 Å². The van der Waals surface area contributed by atoms with Gasteiger partial charge in [-0.25, -0.2) is 4.79 Å². The molecule has 0 atom stereocenters. The summed E-state index contributed by atoms with van der Waals surface area (Å²) in [6.07, 6.45) is 0. The number of benzene rings is 1. The summed E-state index contributed by atoms with van der Waals surface area (Å²) in [5.41, 5.74) is 1.07. The number of fused-ring (bicyclic) bond motifs is 1. The molecule has 0 saturated carbocycles. The molecule has 76 valence electrons. The number of aromatic carboxylic acids is 1. The minimum atomic E-state index is -1.02. The zero-order chi connectivity index (χ0) is 11.0. The highest BCUT2D eigenvalue weighted by Crippen LogP contribution is 2.18. The molecule has 0 aliphatic rings. The number of aromatic nitrogens is 2. The van der Waals surface area contributed by atoms with Crippen molar-refractivity contribution in [2.24, 2.45) is 0 Å². The van der Waals surface area contributed by atoms with Crippen LogP contribution in [0.2, 0.25) is 0 Å². The van der Waals surface area contributed by atoms with Gasteiger partial charge in [0.2, 0.25) is 0 Å². The van der Waals surface area contributed by atoms with Crippen LogP contribution in [0.4, 0.5) is 0 Å². The fraction of sp³-hybridized carbons (Fsp3) is 0.100. The van der Waals surface area contributed by atoms with Crippen molar-refractivity contribution in [1.29, 1.82) is 0 Å². The molecule has 0 fully saturated rings. The summed E-state index contributed by atoms with van der Waals surface area (Å²) in [6, 6.07) is 4.50. The second-order valence-electron chi connectivity index (χ2n) is 3.19. The van der Waals surface area contributed by atoms with Crippen LogP contribution in [-0.4, -0.2) is 27.1 Å². The highest BCUT2D eigenvalue weighted by atomic mass is 16.4. The summed E-state index contributed by atoms with van der Waals surface area (Å²) in [7, 11) is 0. The highest BCUT2D eigenvalue weighted by Gasteiger charge is 2.12. The topological polar surface area (TPSA) is 83.0 Å². The largest absolute Gasteiger partial charge is 0.478 e. The Morgan fingerprint density at radius 3 is 2.73 bits per heavy atom. The van der Waals surface area contributed by atoms with Crippen LogP contribution in [0.25, 0.3) is 10.9 Å². The molecule has 5 nitrogen and oxygen atoms in total. The second-order valence-corrected chi connectivity index (χ2v) is 3.19. The second kappa shape index (κ2) is 3.20. The molecule has 0 amide bonds. The first-order chi connectivity index (χ1) is 7.09. The van der Waals surface area contributed by atoms with Crippen molar-refractivity contribution >= 4 is 22.7 Å². The molecule has 1 aromatic carbocycles. The van der Waals surface area contributed by atoms with E-state index in [0.29, 0.717) is 10.9 Å². The van der Waals surface area contributed by atoms with Crippen molar-refractivity contribution in [3.8, 4) is 0 Å². The maximum atomic E-state index is 11.2. The molecule has 0 saturated heterocycles. The summed E-state index contributed by atoms with van der Waals surface area (Å²) in [5.74, 6) is -1.21. The fourth-order valence-electron chi connectivity index (χ4n) is 1.42. The number of nitrogens with zero attached hydrogens (tertiary/aromatic N) is 1. The molecule has 2 aromatic rings. The molecule has 0 radical (unpaired) electrons. The van der Waals surface area contributed by atoms with Crippen LogP contribution >= 0.6 is 0 Å². The average molecular weight is 204 g/mol. The van der Waals surface area contributed by atoms with Gasteiger partial charge in [-0.05, 0) is 18.2 Å². The highest BCUT2D eigenvalue weighted by molar-refractivity contribution is 6.06. The van der Waals surface area contributed by atoms with Crippen LogP contribution in [0.5, 0.6) is 0 Å². The van der Waals surface area contributed by atoms with Crippen LogP contribution in [0.15, 0.2) is 18.2 Å². The van der Waals surface area contributed by atoms with E-state index in [1.54, 1.807) is 6.07 Å². The summed E-state index contributed by atoms with van der Waals surface area (Å²) in [6.45, 7) is 1.39. The van der Waals surface area contributed by atoms with Crippen LogP contribution in [0.1, 0.15) is 27.8 Å². The molecule has 0 aliphatic carbocycles. The number of hydrogen-bond acceptors (Lipinski definition) is 3. The molecule has 2 N–H and O–H groups in total. The van der Waals surface area contributed by atoms with Crippen LogP contribution in [-0.2, 0) is 0 Å². The van der Waals surface area contributed by atoms with Gasteiger partial charge >= 0.3 is 5.97 Å². The van der Waals surface area contributed by atoms with Crippen molar-refractivity contribution in [3.63, 3.8) is 0 Å². The lowest BCUT2D eigenvalue weighted by Crippen LogP contribution is -1.97. The zero-order valence-electron chi connectivity index (χ0n) is 7.94. The Bertz CT molecular complexity index is 557. The predicted molar refractivity (Wildman–Crippen MR) is 53.1 cm³/mol. The predicted octanol–water partition coefficient (Wildman–Crippen LogP) is 1.46. The summed E-state index contributed by atoms with van der Waals surface area (Å²) in [5, 5.41) is 15.8. The molecule has 15 heavy (non-hydrogen) atoms. The Morgan fingerprint density at radius 1 is 1.40 bits per heavy atom. The number of carbonyl (C=O) groups excluding carboxylic acids is 1. The Balaban J connectivity index is 2.72. The molecule has 1 aromatic heterocycles. The first kappa shape index (κ1) is 9.39. The Labute approximate surface area is 84.7 Å². The minimum Gasteiger partial charge on any atom is -0.478 e. The number of aromatic amines is 1. The SMILES string of the molecule is CC(=O)c1n[nH]c2ccc(C(=O)O)cc12. The van der Waals surface area contributed by atoms with E-state index in [-0.39, 0.29) is 17.0 Å². The average Bonchev–Trinajstić information content (AvgIpc) is 2.59. The number of Topliss-reactive ketones (excluding diaryl/α,β-unsaturated/α-hetero) is 1. The lowest BCUT2D eigenvalue weighted by Gasteiger charge is -1.94. The van der Waals surface area contributed by atoms with Gasteiger partial charge in [0.1, 0.15) is 5.69 Å². The third kappa shape index (κ3) is 1.48. The normalized spacial score (nSPS) is 10.5. The van der Waals surface area contributed by atoms with E-state index < -0.39 is 5.97 Å². The van der Waals surface area contributed by atoms with Gasteiger partial charge < -0.3 is 5.11 Å².